The summed E-state index contributed by atoms with van der Waals surface area (Å²) in [7, 11) is 1.66. The molecule has 0 saturated heterocycles. The second kappa shape index (κ2) is 6.09. The predicted octanol–water partition coefficient (Wildman–Crippen LogP) is 3.16. The number of allylic oxidation sites excluding steroid dienone is 1. The van der Waals surface area contributed by atoms with Crippen LogP contribution in [-0.4, -0.2) is 16.7 Å². The normalized spacial score (nSPS) is 13.5. The first kappa shape index (κ1) is 15.2. The zero-order valence-electron chi connectivity index (χ0n) is 11.0. The number of hydrogen-bond acceptors (Lipinski definition) is 2. The van der Waals surface area contributed by atoms with Gasteiger partial charge in [0.15, 0.2) is 4.80 Å². The van der Waals surface area contributed by atoms with Gasteiger partial charge < -0.3 is 4.57 Å². The number of rotatable bonds is 2. The van der Waals surface area contributed by atoms with Crippen molar-refractivity contribution in [3.05, 3.63) is 58.3 Å². The van der Waals surface area contributed by atoms with E-state index in [4.69, 9.17) is 0 Å². The number of carbonyl (C=O) groups is 1. The van der Waals surface area contributed by atoms with Gasteiger partial charge in [-0.2, -0.15) is 18.2 Å². The predicted molar refractivity (Wildman–Crippen MR) is 74.3 cm³/mol. The lowest BCUT2D eigenvalue weighted by molar-refractivity contribution is -0.114. The lowest BCUT2D eigenvalue weighted by Crippen LogP contribution is -2.15. The van der Waals surface area contributed by atoms with Crippen LogP contribution in [-0.2, 0) is 11.8 Å². The summed E-state index contributed by atoms with van der Waals surface area (Å²) < 4.78 is 40.7. The van der Waals surface area contributed by atoms with Crippen molar-refractivity contribution in [1.82, 2.24) is 4.57 Å². The van der Waals surface area contributed by atoms with Gasteiger partial charge in [-0.25, -0.2) is 0 Å². The molecule has 0 radical (unpaired) electrons. The second-order valence-electron chi connectivity index (χ2n) is 4.17. The van der Waals surface area contributed by atoms with Crippen molar-refractivity contribution >= 4 is 22.8 Å². The number of carbonyl (C=O) groups excluding carboxylic acids is 1. The summed E-state index contributed by atoms with van der Waals surface area (Å²) in [4.78, 5) is 15.7. The molecule has 0 N–H and O–H groups in total. The Bertz CT molecular complexity index is 726. The van der Waals surface area contributed by atoms with Crippen LogP contribution in [0.4, 0.5) is 13.2 Å². The van der Waals surface area contributed by atoms with E-state index in [0.29, 0.717) is 10.9 Å². The highest BCUT2D eigenvalue weighted by molar-refractivity contribution is 7.07. The lowest BCUT2D eigenvalue weighted by Gasteiger charge is -2.10. The van der Waals surface area contributed by atoms with Gasteiger partial charge in [0.1, 0.15) is 0 Å². The summed E-state index contributed by atoms with van der Waals surface area (Å²) in [5, 5.41) is 1.69. The van der Waals surface area contributed by atoms with Crippen molar-refractivity contribution in [2.75, 3.05) is 0 Å². The van der Waals surface area contributed by atoms with Gasteiger partial charge in [0, 0.05) is 24.7 Å². The number of nitrogens with zero attached hydrogens (tertiary/aromatic N) is 2. The molecule has 21 heavy (non-hydrogen) atoms. The largest absolute Gasteiger partial charge is 0.417 e. The van der Waals surface area contributed by atoms with Crippen molar-refractivity contribution in [3.63, 3.8) is 0 Å². The maximum atomic E-state index is 13.1. The molecule has 7 heteroatoms. The van der Waals surface area contributed by atoms with Crippen LogP contribution in [0.3, 0.4) is 0 Å². The molecule has 0 aliphatic heterocycles. The molecule has 1 amide bonds. The number of thiazole rings is 1. The summed E-state index contributed by atoms with van der Waals surface area (Å²) in [5.74, 6) is -0.941. The van der Waals surface area contributed by atoms with Crippen LogP contribution in [0, 0.1) is 0 Å². The van der Waals surface area contributed by atoms with Crippen molar-refractivity contribution in [1.29, 1.82) is 0 Å². The number of hydrogen-bond donors (Lipinski definition) is 0. The van der Waals surface area contributed by atoms with E-state index in [1.54, 1.807) is 29.3 Å². The molecule has 3 nitrogen and oxygen atoms in total. The standard InChI is InChI=1S/C14H11F3N2OS/c1-19-7-8-21-13(19)18-12(20)9-11(14(15,16)17)10-5-3-2-4-6-10/h2-9H,1H3/b11-9-,18-13?. The number of alkyl halides is 3. The molecular weight excluding hydrogens is 301 g/mol. The first-order valence-electron chi connectivity index (χ1n) is 5.91. The second-order valence-corrected chi connectivity index (χ2v) is 5.04. The summed E-state index contributed by atoms with van der Waals surface area (Å²) in [6.45, 7) is 0. The van der Waals surface area contributed by atoms with Crippen LogP contribution < -0.4 is 4.80 Å². The Balaban J connectivity index is 2.43. The maximum Gasteiger partial charge on any atom is 0.417 e. The molecule has 0 saturated carbocycles. The molecule has 1 heterocycles. The minimum atomic E-state index is -4.62. The van der Waals surface area contributed by atoms with E-state index < -0.39 is 17.7 Å². The van der Waals surface area contributed by atoms with E-state index in [0.717, 1.165) is 0 Å². The Kier molecular flexibility index (Phi) is 4.42. The third kappa shape index (κ3) is 3.91. The van der Waals surface area contributed by atoms with Crippen LogP contribution in [0.1, 0.15) is 5.56 Å². The van der Waals surface area contributed by atoms with E-state index in [-0.39, 0.29) is 5.56 Å². The molecule has 0 atom stereocenters. The van der Waals surface area contributed by atoms with Crippen LogP contribution >= 0.6 is 11.3 Å². The molecule has 1 aromatic carbocycles. The van der Waals surface area contributed by atoms with E-state index in [1.165, 1.54) is 35.6 Å². The fourth-order valence-corrected chi connectivity index (χ4v) is 2.37. The number of halogens is 3. The van der Waals surface area contributed by atoms with Gasteiger partial charge in [-0.1, -0.05) is 30.3 Å². The highest BCUT2D eigenvalue weighted by atomic mass is 32.1. The summed E-state index contributed by atoms with van der Waals surface area (Å²) in [5.41, 5.74) is -1.07. The van der Waals surface area contributed by atoms with Crippen LogP contribution in [0.25, 0.3) is 5.57 Å². The smallest absolute Gasteiger partial charge is 0.327 e. The summed E-state index contributed by atoms with van der Waals surface area (Å²) >= 11 is 1.17. The number of aryl methyl sites for hydroxylation is 1. The minimum absolute atomic E-state index is 0.0656. The highest BCUT2D eigenvalue weighted by Gasteiger charge is 2.35. The van der Waals surface area contributed by atoms with Crippen LogP contribution in [0.2, 0.25) is 0 Å². The minimum Gasteiger partial charge on any atom is -0.327 e. The van der Waals surface area contributed by atoms with Gasteiger partial charge in [-0.3, -0.25) is 4.79 Å². The van der Waals surface area contributed by atoms with Crippen molar-refractivity contribution in [2.45, 2.75) is 6.18 Å². The van der Waals surface area contributed by atoms with Gasteiger partial charge in [-0.05, 0) is 5.56 Å². The Morgan fingerprint density at radius 3 is 2.48 bits per heavy atom. The molecular formula is C14H11F3N2OS. The van der Waals surface area contributed by atoms with E-state index in [9.17, 15) is 18.0 Å². The zero-order chi connectivity index (χ0) is 15.5. The molecule has 0 unspecified atom stereocenters. The van der Waals surface area contributed by atoms with Crippen molar-refractivity contribution in [3.8, 4) is 0 Å². The maximum absolute atomic E-state index is 13.1. The molecule has 0 aliphatic rings. The fraction of sp³-hybridized carbons (Fsp3) is 0.143. The lowest BCUT2D eigenvalue weighted by atomic mass is 10.1. The Hall–Kier alpha value is -2.15. The van der Waals surface area contributed by atoms with Crippen LogP contribution in [0.5, 0.6) is 0 Å². The molecule has 1 aromatic heterocycles. The molecule has 110 valence electrons. The summed E-state index contributed by atoms with van der Waals surface area (Å²) in [6, 6.07) is 7.18. The van der Waals surface area contributed by atoms with Gasteiger partial charge in [0.25, 0.3) is 5.91 Å². The zero-order valence-corrected chi connectivity index (χ0v) is 11.8. The molecule has 2 aromatic rings. The third-order valence-electron chi connectivity index (χ3n) is 2.62. The van der Waals surface area contributed by atoms with E-state index >= 15 is 0 Å². The van der Waals surface area contributed by atoms with Gasteiger partial charge in [-0.15, -0.1) is 11.3 Å². The number of benzene rings is 1. The Morgan fingerprint density at radius 1 is 1.29 bits per heavy atom. The quantitative estimate of drug-likeness (QED) is 0.784. The van der Waals surface area contributed by atoms with E-state index in [2.05, 4.69) is 4.99 Å². The van der Waals surface area contributed by atoms with Gasteiger partial charge >= 0.3 is 6.18 Å². The van der Waals surface area contributed by atoms with Crippen molar-refractivity contribution < 1.29 is 18.0 Å². The van der Waals surface area contributed by atoms with Crippen molar-refractivity contribution in [2.24, 2.45) is 12.0 Å². The van der Waals surface area contributed by atoms with Crippen LogP contribution in [0.15, 0.2) is 53.0 Å². The Morgan fingerprint density at radius 2 is 1.95 bits per heavy atom. The summed E-state index contributed by atoms with van der Waals surface area (Å²) in [6.07, 6.45) is -2.43. The van der Waals surface area contributed by atoms with E-state index in [1.807, 2.05) is 0 Å². The fourth-order valence-electron chi connectivity index (χ4n) is 1.63. The van der Waals surface area contributed by atoms with Gasteiger partial charge in [0.2, 0.25) is 0 Å². The molecule has 0 bridgehead atoms. The molecule has 0 fully saturated rings. The SMILES string of the molecule is Cn1ccsc1=NC(=O)/C=C(/c1ccccc1)C(F)(F)F. The Labute approximate surface area is 122 Å². The first-order chi connectivity index (χ1) is 9.88. The molecule has 2 rings (SSSR count). The average molecular weight is 312 g/mol. The first-order valence-corrected chi connectivity index (χ1v) is 6.79. The number of amides is 1. The van der Waals surface area contributed by atoms with Gasteiger partial charge in [0.05, 0.1) is 5.57 Å². The number of aromatic nitrogens is 1. The average Bonchev–Trinajstić information content (AvgIpc) is 2.81. The topological polar surface area (TPSA) is 34.4 Å². The monoisotopic (exact) mass is 312 g/mol. The highest BCUT2D eigenvalue weighted by Crippen LogP contribution is 2.33. The molecule has 0 aliphatic carbocycles. The third-order valence-corrected chi connectivity index (χ3v) is 3.47. The molecule has 0 spiro atoms.